The molecule has 0 N–H and O–H groups in total. The van der Waals surface area contributed by atoms with Crippen molar-refractivity contribution in [1.82, 2.24) is 43.6 Å². The zero-order valence-corrected chi connectivity index (χ0v) is 83.8. The molecule has 0 saturated carbocycles. The van der Waals surface area contributed by atoms with Crippen LogP contribution in [0.15, 0.2) is 443 Å². The van der Waals surface area contributed by atoms with Crippen molar-refractivity contribution in [2.24, 2.45) is 0 Å². The molecule has 0 bridgehead atoms. The lowest BCUT2D eigenvalue weighted by molar-refractivity contribution is 0.663. The second-order valence-electron chi connectivity index (χ2n) is 40.6. The summed E-state index contributed by atoms with van der Waals surface area (Å²) in [5.41, 5.74) is 38.0. The molecule has 0 amide bonds. The fourth-order valence-electron chi connectivity index (χ4n) is 24.7. The van der Waals surface area contributed by atoms with E-state index in [2.05, 4.69) is 462 Å². The van der Waals surface area contributed by atoms with Crippen molar-refractivity contribution >= 4 is 160 Å². The van der Waals surface area contributed by atoms with E-state index < -0.39 is 0 Å². The molecule has 0 atom stereocenters. The summed E-state index contributed by atoms with van der Waals surface area (Å²) in [4.78, 5) is 30.1. The number of fused-ring (bicyclic) bond motifs is 30. The van der Waals surface area contributed by atoms with E-state index >= 15 is 0 Å². The minimum atomic E-state index is -0.170. The van der Waals surface area contributed by atoms with Gasteiger partial charge in [-0.05, 0) is 174 Å². The highest BCUT2D eigenvalue weighted by molar-refractivity contribution is 7.27. The molecule has 28 aromatic rings. The number of hydrogen-bond acceptors (Lipinski definition) is 9. The van der Waals surface area contributed by atoms with Gasteiger partial charge in [-0.25, -0.2) is 29.9 Å². The third kappa shape index (κ3) is 13.3. The molecule has 9 aromatic heterocycles. The number of hydrogen-bond donors (Lipinski definition) is 0. The molecule has 9 nitrogen and oxygen atoms in total. The Morgan fingerprint density at radius 1 is 0.204 bits per heavy atom. The second kappa shape index (κ2) is 33.3. The average molecular weight is 1940 g/mol. The summed E-state index contributed by atoms with van der Waals surface area (Å²) in [5, 5.41) is 15.3. The molecule has 0 saturated heterocycles. The fraction of sp³-hybridized carbons (Fsp3) is 0.0667. The number of para-hydroxylation sites is 3. The minimum absolute atomic E-state index is 0.139. The van der Waals surface area contributed by atoms with Crippen molar-refractivity contribution in [3.05, 3.63) is 477 Å². The predicted molar refractivity (Wildman–Crippen MR) is 619 cm³/mol. The SMILES string of the molecule is CC1(C)c2ccccc2-c2ccc3c4ccccc4n(-c4cccc(-c5nccc(-c6ccc(-c7cccc8c7sc7ccccc78)cc6)n5)c4)c3c21.CC1(C)c2ccccc2-c2ccc3c4ccccc4n(-c4cccc(-c5nccc(-c6cccc7c6sc6ccccc67)n5)c4)c3c21.CC1(C)c2ccccc2-c2ccc3c4ccccc4n(-c4nccc(-c5cccc(-c6cccc7c6sc6ccccc67)c5)n4)c3c21. The molecule has 12 heteroatoms. The van der Waals surface area contributed by atoms with Gasteiger partial charge in [0.25, 0.3) is 0 Å². The van der Waals surface area contributed by atoms with Crippen LogP contribution in [0.3, 0.4) is 0 Å². The average Bonchev–Trinajstić information content (AvgIpc) is 1.54. The van der Waals surface area contributed by atoms with Gasteiger partial charge in [0.1, 0.15) is 0 Å². The molecule has 19 aromatic carbocycles. The maximum atomic E-state index is 5.29. The first-order valence-corrected chi connectivity index (χ1v) is 52.8. The van der Waals surface area contributed by atoms with Gasteiger partial charge >= 0.3 is 0 Å². The fourth-order valence-corrected chi connectivity index (χ4v) is 28.4. The van der Waals surface area contributed by atoms with E-state index in [0.29, 0.717) is 11.8 Å². The van der Waals surface area contributed by atoms with Crippen molar-refractivity contribution in [1.29, 1.82) is 0 Å². The van der Waals surface area contributed by atoms with E-state index in [9.17, 15) is 0 Å². The van der Waals surface area contributed by atoms with Gasteiger partial charge in [0.2, 0.25) is 5.95 Å². The van der Waals surface area contributed by atoms with Crippen LogP contribution in [-0.4, -0.2) is 43.6 Å². The number of nitrogens with zero attached hydrogens (tertiary/aromatic N) is 9. The molecule has 147 heavy (non-hydrogen) atoms. The Morgan fingerprint density at radius 2 is 0.531 bits per heavy atom. The molecule has 0 radical (unpaired) electrons. The molecule has 0 fully saturated rings. The van der Waals surface area contributed by atoms with Gasteiger partial charge in [-0.2, -0.15) is 0 Å². The lowest BCUT2D eigenvalue weighted by Crippen LogP contribution is -2.17. The van der Waals surface area contributed by atoms with E-state index in [1.165, 1.54) is 209 Å². The van der Waals surface area contributed by atoms with Crippen molar-refractivity contribution in [2.45, 2.75) is 57.8 Å². The Morgan fingerprint density at radius 3 is 1.00 bits per heavy atom. The first kappa shape index (κ1) is 86.2. The Hall–Kier alpha value is -17.5. The molecule has 0 spiro atoms. The molecule has 0 aliphatic heterocycles. The van der Waals surface area contributed by atoms with Gasteiger partial charge < -0.3 is 9.13 Å². The van der Waals surface area contributed by atoms with Crippen LogP contribution in [0.2, 0.25) is 0 Å². The Labute approximate surface area is 860 Å². The lowest BCUT2D eigenvalue weighted by atomic mass is 9.81. The normalized spacial score (nSPS) is 13.4. The lowest BCUT2D eigenvalue weighted by Gasteiger charge is -2.23. The summed E-state index contributed by atoms with van der Waals surface area (Å²) < 4.78 is 15.0. The van der Waals surface area contributed by atoms with Crippen molar-refractivity contribution in [3.63, 3.8) is 0 Å². The van der Waals surface area contributed by atoms with E-state index in [1.54, 1.807) is 0 Å². The van der Waals surface area contributed by atoms with Crippen LogP contribution in [-0.2, 0) is 16.2 Å². The minimum Gasteiger partial charge on any atom is -0.309 e. The summed E-state index contributed by atoms with van der Waals surface area (Å²) in [6.45, 7) is 14.2. The van der Waals surface area contributed by atoms with Gasteiger partial charge in [-0.15, -0.1) is 34.0 Å². The van der Waals surface area contributed by atoms with Crippen molar-refractivity contribution in [3.8, 4) is 130 Å². The monoisotopic (exact) mass is 1930 g/mol. The quantitative estimate of drug-likeness (QED) is 0.135. The maximum absolute atomic E-state index is 5.29. The Bertz CT molecular complexity index is 10000. The predicted octanol–water partition coefficient (Wildman–Crippen LogP) is 36.4. The van der Waals surface area contributed by atoms with Crippen LogP contribution in [0.5, 0.6) is 0 Å². The van der Waals surface area contributed by atoms with Crippen LogP contribution in [0.1, 0.15) is 74.9 Å². The highest BCUT2D eigenvalue weighted by Crippen LogP contribution is 2.58. The number of thiophene rings is 3. The number of benzene rings is 19. The van der Waals surface area contributed by atoms with Crippen LogP contribution in [0.25, 0.3) is 255 Å². The number of aromatic nitrogens is 9. The van der Waals surface area contributed by atoms with Crippen LogP contribution < -0.4 is 0 Å². The zero-order chi connectivity index (χ0) is 97.8. The molecule has 9 heterocycles. The topological polar surface area (TPSA) is 92.1 Å². The van der Waals surface area contributed by atoms with Gasteiger partial charge in [0.05, 0.1) is 50.2 Å². The Kier molecular flexibility index (Phi) is 19.5. The summed E-state index contributed by atoms with van der Waals surface area (Å²) in [6, 6.07) is 154. The summed E-state index contributed by atoms with van der Waals surface area (Å²) >= 11 is 5.56. The van der Waals surface area contributed by atoms with Gasteiger partial charge in [0, 0.05) is 167 Å². The van der Waals surface area contributed by atoms with Crippen molar-refractivity contribution in [2.75, 3.05) is 0 Å². The smallest absolute Gasteiger partial charge is 0.235 e. The molecular weight excluding hydrogens is 1840 g/mol. The van der Waals surface area contributed by atoms with Gasteiger partial charge in [-0.1, -0.05) is 381 Å². The molecule has 3 aliphatic rings. The summed E-state index contributed by atoms with van der Waals surface area (Å²) in [5.74, 6) is 2.12. The van der Waals surface area contributed by atoms with E-state index in [0.717, 1.165) is 67.6 Å². The standard InChI is InChI=1S/C49H33N3S.2C43H29N3S/c1-49(2)41-18-6-3-13-35(41)38-25-26-39-36-14-4-7-19-43(36)52(46(39)45(38)49)33-12-9-11-32(29-33)48-50-28-27-42(51-48)31-23-21-30(22-24-31)34-16-10-17-40-37-15-5-8-20-44(37)53-47(34)40;1-43(2)35-18-6-3-13-29(35)32-21-22-33-30-14-4-7-19-37(30)46(40(33)39(32)43)42-44-24-23-36(45-42)27-12-9-11-26(25-27)28-16-10-17-34-31-15-5-8-20-38(31)47-41(28)34;1-43(2)35-18-6-3-13-28(35)31-21-22-32-29-14-4-7-19-37(29)46(40(32)39(31)43)27-12-9-11-26(25-27)42-44-24-23-36(45-42)34-17-10-16-33-30-15-5-8-20-38(30)47-41(33)34/h3-29H,1-2H3;2*3-25H,1-2H3. The van der Waals surface area contributed by atoms with Crippen LogP contribution >= 0.6 is 34.0 Å². The molecule has 0 unspecified atom stereocenters. The Balaban J connectivity index is 0.000000104. The van der Waals surface area contributed by atoms with Crippen LogP contribution in [0.4, 0.5) is 0 Å². The van der Waals surface area contributed by atoms with E-state index in [4.69, 9.17) is 29.9 Å². The molecular formula is C135H91N9S3. The maximum Gasteiger partial charge on any atom is 0.235 e. The summed E-state index contributed by atoms with van der Waals surface area (Å²) in [7, 11) is 0. The van der Waals surface area contributed by atoms with E-state index in [1.807, 2.05) is 70.8 Å². The highest BCUT2D eigenvalue weighted by atomic mass is 32.1. The second-order valence-corrected chi connectivity index (χ2v) is 43.8. The molecule has 3 aliphatic carbocycles. The van der Waals surface area contributed by atoms with Gasteiger partial charge in [-0.3, -0.25) is 4.57 Å². The molecule has 31 rings (SSSR count). The third-order valence-corrected chi connectivity index (χ3v) is 35.0. The van der Waals surface area contributed by atoms with Crippen molar-refractivity contribution < 1.29 is 0 Å². The first-order chi connectivity index (χ1) is 72.2. The third-order valence-electron chi connectivity index (χ3n) is 31.4. The summed E-state index contributed by atoms with van der Waals surface area (Å²) in [6.07, 6.45) is 5.67. The van der Waals surface area contributed by atoms with Gasteiger partial charge in [0.15, 0.2) is 11.6 Å². The first-order valence-electron chi connectivity index (χ1n) is 50.3. The van der Waals surface area contributed by atoms with E-state index in [-0.39, 0.29) is 16.2 Å². The molecule has 694 valence electrons. The van der Waals surface area contributed by atoms with Crippen LogP contribution in [0, 0.1) is 0 Å². The number of rotatable bonds is 10. The zero-order valence-electron chi connectivity index (χ0n) is 81.4. The largest absolute Gasteiger partial charge is 0.309 e. The highest BCUT2D eigenvalue weighted by Gasteiger charge is 2.43.